The van der Waals surface area contributed by atoms with Gasteiger partial charge in [-0.3, -0.25) is 9.67 Å². The summed E-state index contributed by atoms with van der Waals surface area (Å²) in [5.41, 5.74) is 4.56. The Morgan fingerprint density at radius 3 is 2.89 bits per heavy atom. The molecule has 1 N–H and O–H groups in total. The van der Waals surface area contributed by atoms with Gasteiger partial charge in [-0.05, 0) is 37.0 Å². The SMILES string of the molecule is N#CC=CC1CC(n2cc(-c3cnc4ccc(NC5COC5)cc4n3)cn2)C1. The van der Waals surface area contributed by atoms with Gasteiger partial charge in [-0.15, -0.1) is 0 Å². The third kappa shape index (κ3) is 3.23. The summed E-state index contributed by atoms with van der Waals surface area (Å²) in [6, 6.07) is 8.86. The number of benzene rings is 1. The van der Waals surface area contributed by atoms with Crippen LogP contribution in [0.1, 0.15) is 18.9 Å². The highest BCUT2D eigenvalue weighted by molar-refractivity contribution is 5.80. The van der Waals surface area contributed by atoms with Crippen molar-refractivity contribution in [3.05, 3.63) is 48.9 Å². The lowest BCUT2D eigenvalue weighted by Crippen LogP contribution is -2.40. The molecule has 5 rings (SSSR count). The van der Waals surface area contributed by atoms with Crippen LogP contribution in [0.25, 0.3) is 22.3 Å². The molecule has 0 atom stereocenters. The van der Waals surface area contributed by atoms with Crippen molar-refractivity contribution < 1.29 is 4.74 Å². The van der Waals surface area contributed by atoms with E-state index in [4.69, 9.17) is 15.0 Å². The van der Waals surface area contributed by atoms with Gasteiger partial charge in [-0.2, -0.15) is 10.4 Å². The van der Waals surface area contributed by atoms with Crippen LogP contribution in [-0.2, 0) is 4.74 Å². The first-order valence-corrected chi connectivity index (χ1v) is 9.50. The van der Waals surface area contributed by atoms with Gasteiger partial charge < -0.3 is 10.1 Å². The van der Waals surface area contributed by atoms with Gasteiger partial charge in [0.25, 0.3) is 0 Å². The highest BCUT2D eigenvalue weighted by Crippen LogP contribution is 2.38. The second-order valence-corrected chi connectivity index (χ2v) is 7.42. The molecule has 3 aromatic rings. The molecule has 2 aliphatic rings. The van der Waals surface area contributed by atoms with Gasteiger partial charge in [0.15, 0.2) is 0 Å². The van der Waals surface area contributed by atoms with Crippen LogP contribution >= 0.6 is 0 Å². The second-order valence-electron chi connectivity index (χ2n) is 7.42. The summed E-state index contributed by atoms with van der Waals surface area (Å²) < 4.78 is 7.22. The lowest BCUT2D eigenvalue weighted by atomic mass is 9.80. The third-order valence-corrected chi connectivity index (χ3v) is 5.42. The maximum atomic E-state index is 8.62. The summed E-state index contributed by atoms with van der Waals surface area (Å²) in [6.07, 6.45) is 11.3. The minimum Gasteiger partial charge on any atom is -0.378 e. The van der Waals surface area contributed by atoms with Crippen LogP contribution in [0.15, 0.2) is 48.9 Å². The Kier molecular flexibility index (Phi) is 4.26. The van der Waals surface area contributed by atoms with E-state index in [-0.39, 0.29) is 0 Å². The van der Waals surface area contributed by atoms with Crippen LogP contribution in [0.4, 0.5) is 5.69 Å². The van der Waals surface area contributed by atoms with E-state index in [9.17, 15) is 0 Å². The largest absolute Gasteiger partial charge is 0.378 e. The highest BCUT2D eigenvalue weighted by Gasteiger charge is 2.29. The summed E-state index contributed by atoms with van der Waals surface area (Å²) >= 11 is 0. The van der Waals surface area contributed by atoms with Gasteiger partial charge in [-0.25, -0.2) is 4.98 Å². The first-order chi connectivity index (χ1) is 13.8. The molecule has 3 heterocycles. The minimum atomic E-state index is 0.376. The summed E-state index contributed by atoms with van der Waals surface area (Å²) in [7, 11) is 0. The van der Waals surface area contributed by atoms with E-state index in [1.165, 1.54) is 0 Å². The fraction of sp³-hybridized carbons (Fsp3) is 0.333. The minimum absolute atomic E-state index is 0.376. The molecule has 0 unspecified atom stereocenters. The Morgan fingerprint density at radius 1 is 1.21 bits per heavy atom. The second kappa shape index (κ2) is 7.06. The van der Waals surface area contributed by atoms with Crippen molar-refractivity contribution in [2.45, 2.75) is 24.9 Å². The molecule has 1 saturated carbocycles. The zero-order chi connectivity index (χ0) is 18.9. The smallest absolute Gasteiger partial charge is 0.0924 e. The summed E-state index contributed by atoms with van der Waals surface area (Å²) in [5, 5.41) is 16.6. The van der Waals surface area contributed by atoms with Crippen molar-refractivity contribution in [2.24, 2.45) is 5.92 Å². The van der Waals surface area contributed by atoms with E-state index in [1.54, 1.807) is 12.3 Å². The molecule has 28 heavy (non-hydrogen) atoms. The number of hydrogen-bond acceptors (Lipinski definition) is 6. The zero-order valence-corrected chi connectivity index (χ0v) is 15.3. The first-order valence-electron chi connectivity index (χ1n) is 9.50. The van der Waals surface area contributed by atoms with Gasteiger partial charge in [0.1, 0.15) is 0 Å². The van der Waals surface area contributed by atoms with Gasteiger partial charge >= 0.3 is 0 Å². The fourth-order valence-corrected chi connectivity index (χ4v) is 3.65. The molecule has 1 aliphatic carbocycles. The lowest BCUT2D eigenvalue weighted by Gasteiger charge is -2.33. The van der Waals surface area contributed by atoms with E-state index in [0.29, 0.717) is 18.0 Å². The van der Waals surface area contributed by atoms with Crippen LogP contribution in [0.2, 0.25) is 0 Å². The Balaban J connectivity index is 1.34. The van der Waals surface area contributed by atoms with Crippen molar-refractivity contribution in [1.82, 2.24) is 19.7 Å². The van der Waals surface area contributed by atoms with E-state index in [2.05, 4.69) is 21.5 Å². The molecule has 2 aromatic heterocycles. The van der Waals surface area contributed by atoms with Gasteiger partial charge in [-0.1, -0.05) is 6.08 Å². The predicted molar refractivity (Wildman–Crippen MR) is 106 cm³/mol. The molecule has 1 saturated heterocycles. The van der Waals surface area contributed by atoms with Crippen molar-refractivity contribution in [1.29, 1.82) is 5.26 Å². The Hall–Kier alpha value is -3.24. The number of fused-ring (bicyclic) bond motifs is 1. The highest BCUT2D eigenvalue weighted by atomic mass is 16.5. The average Bonchev–Trinajstić information content (AvgIpc) is 3.12. The number of allylic oxidation sites excluding steroid dienone is 2. The number of nitriles is 1. The van der Waals surface area contributed by atoms with Crippen LogP contribution in [0, 0.1) is 17.2 Å². The summed E-state index contributed by atoms with van der Waals surface area (Å²) in [4.78, 5) is 9.35. The van der Waals surface area contributed by atoms with Gasteiger partial charge in [0.2, 0.25) is 0 Å². The fourth-order valence-electron chi connectivity index (χ4n) is 3.65. The maximum Gasteiger partial charge on any atom is 0.0924 e. The molecule has 140 valence electrons. The number of ether oxygens (including phenoxy) is 1. The number of nitrogens with one attached hydrogen (secondary N) is 1. The predicted octanol–water partition coefficient (Wildman–Crippen LogP) is 3.33. The number of hydrogen-bond donors (Lipinski definition) is 1. The van der Waals surface area contributed by atoms with Crippen LogP contribution in [0.3, 0.4) is 0 Å². The number of nitrogens with zero attached hydrogens (tertiary/aromatic N) is 5. The lowest BCUT2D eigenvalue weighted by molar-refractivity contribution is 0.0211. The molecular formula is C21H20N6O. The van der Waals surface area contributed by atoms with Gasteiger partial charge in [0, 0.05) is 23.5 Å². The average molecular weight is 372 g/mol. The van der Waals surface area contributed by atoms with Crippen molar-refractivity contribution in [3.8, 4) is 17.3 Å². The molecule has 1 aliphatic heterocycles. The normalized spacial score (nSPS) is 22.0. The number of rotatable bonds is 5. The van der Waals surface area contributed by atoms with Crippen molar-refractivity contribution >= 4 is 16.7 Å². The van der Waals surface area contributed by atoms with Crippen LogP contribution < -0.4 is 5.32 Å². The first kappa shape index (κ1) is 16.9. The number of aromatic nitrogens is 4. The molecule has 0 radical (unpaired) electrons. The molecule has 7 nitrogen and oxygen atoms in total. The molecule has 1 aromatic carbocycles. The van der Waals surface area contributed by atoms with Gasteiger partial charge in [0.05, 0.1) is 60.5 Å². The van der Waals surface area contributed by atoms with E-state index in [0.717, 1.165) is 54.0 Å². The quantitative estimate of drug-likeness (QED) is 0.691. The Bertz CT molecular complexity index is 1070. The monoisotopic (exact) mass is 372 g/mol. The molecular weight excluding hydrogens is 352 g/mol. The van der Waals surface area contributed by atoms with E-state index < -0.39 is 0 Å². The molecule has 7 heteroatoms. The zero-order valence-electron chi connectivity index (χ0n) is 15.3. The van der Waals surface area contributed by atoms with Crippen molar-refractivity contribution in [3.63, 3.8) is 0 Å². The van der Waals surface area contributed by atoms with Crippen LogP contribution in [-0.4, -0.2) is 39.0 Å². The Morgan fingerprint density at radius 2 is 2.11 bits per heavy atom. The molecule has 0 bridgehead atoms. The number of anilines is 1. The summed E-state index contributed by atoms with van der Waals surface area (Å²) in [6.45, 7) is 1.49. The molecule has 0 amide bonds. The Labute approximate surface area is 162 Å². The van der Waals surface area contributed by atoms with E-state index >= 15 is 0 Å². The topological polar surface area (TPSA) is 88.7 Å². The molecule has 2 fully saturated rings. The van der Waals surface area contributed by atoms with Crippen LogP contribution in [0.5, 0.6) is 0 Å². The third-order valence-electron chi connectivity index (χ3n) is 5.42. The van der Waals surface area contributed by atoms with Crippen molar-refractivity contribution in [2.75, 3.05) is 18.5 Å². The van der Waals surface area contributed by atoms with E-state index in [1.807, 2.05) is 41.4 Å². The standard InChI is InChI=1S/C21H20N6O/c22-5-1-2-14-6-18(7-14)27-11-15(9-24-27)21-10-23-19-4-3-16(8-20(19)26-21)25-17-12-28-13-17/h1-4,8-11,14,17-18,25H,6-7,12-13H2. The summed E-state index contributed by atoms with van der Waals surface area (Å²) in [5.74, 6) is 0.477. The molecule has 0 spiro atoms. The maximum absolute atomic E-state index is 8.62.